The fourth-order valence-electron chi connectivity index (χ4n) is 2.20. The van der Waals surface area contributed by atoms with E-state index in [1.165, 1.54) is 0 Å². The summed E-state index contributed by atoms with van der Waals surface area (Å²) in [5.74, 6) is 0.534. The zero-order valence-electron chi connectivity index (χ0n) is 12.4. The minimum absolute atomic E-state index is 0.197. The summed E-state index contributed by atoms with van der Waals surface area (Å²) >= 11 is 6.05. The Morgan fingerprint density at radius 1 is 1.35 bits per heavy atom. The van der Waals surface area contributed by atoms with Gasteiger partial charge in [0.2, 0.25) is 0 Å². The quantitative estimate of drug-likeness (QED) is 0.675. The van der Waals surface area contributed by atoms with Gasteiger partial charge in [-0.1, -0.05) is 17.7 Å². The molecule has 0 radical (unpaired) electrons. The molecule has 0 aromatic carbocycles. The largest absolute Gasteiger partial charge is 0.467 e. The van der Waals surface area contributed by atoms with Gasteiger partial charge >= 0.3 is 0 Å². The van der Waals surface area contributed by atoms with Crippen molar-refractivity contribution < 1.29 is 13.9 Å². The lowest BCUT2D eigenvalue weighted by atomic mass is 10.4. The first kappa shape index (κ1) is 15.6. The van der Waals surface area contributed by atoms with Gasteiger partial charge in [0.1, 0.15) is 18.0 Å². The Bertz CT molecular complexity index is 783. The molecule has 6 nitrogen and oxygen atoms in total. The van der Waals surface area contributed by atoms with Gasteiger partial charge in [-0.3, -0.25) is 9.20 Å². The molecule has 3 aromatic heterocycles. The number of pyridine rings is 1. The molecule has 0 bridgehead atoms. The summed E-state index contributed by atoms with van der Waals surface area (Å²) in [6.45, 7) is 1.45. The summed E-state index contributed by atoms with van der Waals surface area (Å²) in [6, 6.07) is 9.14. The van der Waals surface area contributed by atoms with Crippen molar-refractivity contribution in [1.29, 1.82) is 0 Å². The maximum atomic E-state index is 12.2. The third kappa shape index (κ3) is 3.72. The van der Waals surface area contributed by atoms with Crippen LogP contribution < -0.4 is 5.32 Å². The summed E-state index contributed by atoms with van der Waals surface area (Å²) in [4.78, 5) is 16.4. The van der Waals surface area contributed by atoms with Crippen molar-refractivity contribution in [1.82, 2.24) is 14.7 Å². The van der Waals surface area contributed by atoms with Crippen LogP contribution in [-0.4, -0.2) is 28.4 Å². The van der Waals surface area contributed by atoms with Gasteiger partial charge in [-0.05, 0) is 30.7 Å². The van der Waals surface area contributed by atoms with Gasteiger partial charge in [-0.15, -0.1) is 0 Å². The van der Waals surface area contributed by atoms with Gasteiger partial charge in [0.25, 0.3) is 5.91 Å². The van der Waals surface area contributed by atoms with Crippen LogP contribution in [0.2, 0.25) is 5.15 Å². The van der Waals surface area contributed by atoms with Crippen LogP contribution in [0, 0.1) is 0 Å². The Morgan fingerprint density at radius 2 is 2.26 bits per heavy atom. The third-order valence-electron chi connectivity index (χ3n) is 3.28. The van der Waals surface area contributed by atoms with Gasteiger partial charge in [0, 0.05) is 19.3 Å². The molecule has 0 unspecified atom stereocenters. The van der Waals surface area contributed by atoms with Crippen LogP contribution in [0.25, 0.3) is 5.65 Å². The van der Waals surface area contributed by atoms with Crippen molar-refractivity contribution in [2.45, 2.75) is 13.0 Å². The topological polar surface area (TPSA) is 68.8 Å². The Hall–Kier alpha value is -2.31. The number of amides is 1. The van der Waals surface area contributed by atoms with E-state index in [9.17, 15) is 4.79 Å². The number of furan rings is 1. The summed E-state index contributed by atoms with van der Waals surface area (Å²) in [6.07, 6.45) is 4.06. The van der Waals surface area contributed by atoms with E-state index in [2.05, 4.69) is 10.3 Å². The lowest BCUT2D eigenvalue weighted by molar-refractivity contribution is 0.0912. The Labute approximate surface area is 138 Å². The molecule has 1 amide bonds. The van der Waals surface area contributed by atoms with E-state index in [0.29, 0.717) is 37.5 Å². The highest BCUT2D eigenvalue weighted by molar-refractivity contribution is 6.32. The number of nitrogens with one attached hydrogen (secondary N) is 1. The number of aromatic nitrogens is 2. The number of halogens is 1. The number of fused-ring (bicyclic) bond motifs is 1. The predicted molar refractivity (Wildman–Crippen MR) is 85.5 cm³/mol. The average molecular weight is 334 g/mol. The zero-order chi connectivity index (χ0) is 16.1. The molecular weight excluding hydrogens is 318 g/mol. The predicted octanol–water partition coefficient (Wildman–Crippen LogP) is 2.92. The highest BCUT2D eigenvalue weighted by Gasteiger charge is 2.17. The number of carbonyl (C=O) groups excluding carboxylic acids is 1. The SMILES string of the molecule is O=C(NCCCOCc1ccco1)c1c(Cl)nc2ccccn12. The molecule has 0 spiro atoms. The first-order valence-corrected chi connectivity index (χ1v) is 7.64. The second-order valence-corrected chi connectivity index (χ2v) is 5.28. The summed E-state index contributed by atoms with van der Waals surface area (Å²) in [5.41, 5.74) is 0.989. The fourth-order valence-corrected chi connectivity index (χ4v) is 2.46. The van der Waals surface area contributed by atoms with Crippen LogP contribution >= 0.6 is 11.6 Å². The van der Waals surface area contributed by atoms with Crippen molar-refractivity contribution in [2.75, 3.05) is 13.2 Å². The van der Waals surface area contributed by atoms with Crippen molar-refractivity contribution >= 4 is 23.2 Å². The highest BCUT2D eigenvalue weighted by atomic mass is 35.5. The van der Waals surface area contributed by atoms with E-state index in [-0.39, 0.29) is 11.1 Å². The van der Waals surface area contributed by atoms with Crippen LogP contribution in [0.4, 0.5) is 0 Å². The lowest BCUT2D eigenvalue weighted by Gasteiger charge is -2.06. The molecular formula is C16H16ClN3O3. The highest BCUT2D eigenvalue weighted by Crippen LogP contribution is 2.17. The van der Waals surface area contributed by atoms with Crippen molar-refractivity contribution in [3.05, 3.63) is 59.4 Å². The number of hydrogen-bond acceptors (Lipinski definition) is 4. The average Bonchev–Trinajstić information content (AvgIpc) is 3.16. The summed E-state index contributed by atoms with van der Waals surface area (Å²) in [7, 11) is 0. The molecule has 7 heteroatoms. The van der Waals surface area contributed by atoms with Gasteiger partial charge in [0.05, 0.1) is 6.26 Å². The number of ether oxygens (including phenoxy) is 1. The van der Waals surface area contributed by atoms with E-state index in [1.54, 1.807) is 22.9 Å². The first-order chi connectivity index (χ1) is 11.3. The van der Waals surface area contributed by atoms with Crippen LogP contribution in [0.5, 0.6) is 0 Å². The molecule has 23 heavy (non-hydrogen) atoms. The number of rotatable bonds is 7. The van der Waals surface area contributed by atoms with E-state index in [0.717, 1.165) is 5.76 Å². The van der Waals surface area contributed by atoms with Crippen LogP contribution in [0.1, 0.15) is 22.7 Å². The van der Waals surface area contributed by atoms with E-state index in [1.807, 2.05) is 24.3 Å². The molecule has 0 atom stereocenters. The number of carbonyl (C=O) groups is 1. The molecule has 1 N–H and O–H groups in total. The number of imidazole rings is 1. The maximum absolute atomic E-state index is 12.2. The zero-order valence-corrected chi connectivity index (χ0v) is 13.1. The van der Waals surface area contributed by atoms with Crippen LogP contribution in [-0.2, 0) is 11.3 Å². The Balaban J connectivity index is 1.46. The standard InChI is InChI=1S/C16H16ClN3O3/c17-15-14(20-8-2-1-6-13(20)19-15)16(21)18-7-4-9-22-11-12-5-3-10-23-12/h1-3,5-6,8,10H,4,7,9,11H2,(H,18,21). The molecule has 3 rings (SSSR count). The molecule has 0 aliphatic carbocycles. The minimum Gasteiger partial charge on any atom is -0.467 e. The molecule has 0 saturated heterocycles. The van der Waals surface area contributed by atoms with Crippen molar-refractivity contribution in [3.8, 4) is 0 Å². The third-order valence-corrected chi connectivity index (χ3v) is 3.54. The number of nitrogens with zero attached hydrogens (tertiary/aromatic N) is 2. The minimum atomic E-state index is -0.250. The first-order valence-electron chi connectivity index (χ1n) is 7.26. The van der Waals surface area contributed by atoms with E-state index in [4.69, 9.17) is 20.8 Å². The van der Waals surface area contributed by atoms with Gasteiger partial charge in [-0.25, -0.2) is 4.98 Å². The van der Waals surface area contributed by atoms with Gasteiger partial charge in [-0.2, -0.15) is 0 Å². The monoisotopic (exact) mass is 333 g/mol. The lowest BCUT2D eigenvalue weighted by Crippen LogP contribution is -2.26. The molecule has 0 fully saturated rings. The normalized spacial score (nSPS) is 11.0. The molecule has 3 aromatic rings. The maximum Gasteiger partial charge on any atom is 0.271 e. The van der Waals surface area contributed by atoms with Crippen molar-refractivity contribution in [3.63, 3.8) is 0 Å². The van der Waals surface area contributed by atoms with Crippen LogP contribution in [0.3, 0.4) is 0 Å². The molecule has 0 aliphatic rings. The fraction of sp³-hybridized carbons (Fsp3) is 0.250. The Kier molecular flexibility index (Phi) is 4.95. The molecule has 0 saturated carbocycles. The van der Waals surface area contributed by atoms with Crippen molar-refractivity contribution in [2.24, 2.45) is 0 Å². The molecule has 3 heterocycles. The Morgan fingerprint density at radius 3 is 3.09 bits per heavy atom. The summed E-state index contributed by atoms with van der Waals surface area (Å²) in [5, 5.41) is 3.02. The smallest absolute Gasteiger partial charge is 0.271 e. The van der Waals surface area contributed by atoms with E-state index < -0.39 is 0 Å². The van der Waals surface area contributed by atoms with Gasteiger partial charge < -0.3 is 14.5 Å². The number of hydrogen-bond donors (Lipinski definition) is 1. The second-order valence-electron chi connectivity index (χ2n) is 4.92. The second kappa shape index (κ2) is 7.30. The molecule has 120 valence electrons. The van der Waals surface area contributed by atoms with Gasteiger partial charge in [0.15, 0.2) is 10.8 Å². The summed E-state index contributed by atoms with van der Waals surface area (Å²) < 4.78 is 12.3. The van der Waals surface area contributed by atoms with Crippen LogP contribution in [0.15, 0.2) is 47.2 Å². The molecule has 0 aliphatic heterocycles. The van der Waals surface area contributed by atoms with E-state index >= 15 is 0 Å².